The maximum atomic E-state index is 11.5. The summed E-state index contributed by atoms with van der Waals surface area (Å²) < 4.78 is 0. The van der Waals surface area contributed by atoms with Crippen LogP contribution in [0.4, 0.5) is 11.4 Å². The molecule has 19 heavy (non-hydrogen) atoms. The summed E-state index contributed by atoms with van der Waals surface area (Å²) in [5.41, 5.74) is 2.38. The summed E-state index contributed by atoms with van der Waals surface area (Å²) in [6, 6.07) is 4.79. The molecule has 1 rings (SSSR count). The van der Waals surface area contributed by atoms with Crippen LogP contribution in [0.15, 0.2) is 23.1 Å². The van der Waals surface area contributed by atoms with Crippen LogP contribution in [-0.2, 0) is 4.79 Å². The highest BCUT2D eigenvalue weighted by atomic mass is 32.2. The zero-order valence-corrected chi connectivity index (χ0v) is 11.5. The first kappa shape index (κ1) is 15.3. The summed E-state index contributed by atoms with van der Waals surface area (Å²) in [7, 11) is 0. The number of nitrogen functional groups attached to an aromatic ring is 1. The molecular formula is C11H16N4O3S. The number of carbonyl (C=O) groups is 1. The van der Waals surface area contributed by atoms with Crippen LogP contribution in [0.3, 0.4) is 0 Å². The minimum Gasteiger partial charge on any atom is -0.353 e. The molecule has 1 amide bonds. The number of benzene rings is 1. The van der Waals surface area contributed by atoms with Gasteiger partial charge in [0.1, 0.15) is 5.69 Å². The van der Waals surface area contributed by atoms with Crippen molar-refractivity contribution in [3.63, 3.8) is 0 Å². The quantitative estimate of drug-likeness (QED) is 0.316. The van der Waals surface area contributed by atoms with Crippen molar-refractivity contribution in [3.8, 4) is 0 Å². The zero-order chi connectivity index (χ0) is 14.4. The number of thioether (sulfide) groups is 1. The molecule has 0 aromatic heterocycles. The second kappa shape index (κ2) is 6.95. The van der Waals surface area contributed by atoms with E-state index in [4.69, 9.17) is 5.84 Å². The maximum absolute atomic E-state index is 11.5. The number of hydrogen-bond donors (Lipinski definition) is 3. The first-order chi connectivity index (χ1) is 8.95. The highest BCUT2D eigenvalue weighted by Gasteiger charge is 2.20. The van der Waals surface area contributed by atoms with Crippen LogP contribution in [-0.4, -0.2) is 22.6 Å². The lowest BCUT2D eigenvalue weighted by Gasteiger charge is -2.09. The number of anilines is 1. The molecule has 7 nitrogen and oxygen atoms in total. The van der Waals surface area contributed by atoms with E-state index in [1.165, 1.54) is 6.07 Å². The predicted molar refractivity (Wildman–Crippen MR) is 74.9 cm³/mol. The first-order valence-electron chi connectivity index (χ1n) is 5.62. The smallest absolute Gasteiger partial charge is 0.307 e. The minimum absolute atomic E-state index is 0.0418. The number of nitro groups is 1. The van der Waals surface area contributed by atoms with Crippen molar-refractivity contribution in [3.05, 3.63) is 28.3 Å². The Morgan fingerprint density at radius 3 is 2.74 bits per heavy atom. The van der Waals surface area contributed by atoms with Crippen LogP contribution in [0.25, 0.3) is 0 Å². The van der Waals surface area contributed by atoms with Gasteiger partial charge in [-0.05, 0) is 26.0 Å². The fraction of sp³-hybridized carbons (Fsp3) is 0.364. The molecule has 0 radical (unpaired) electrons. The summed E-state index contributed by atoms with van der Waals surface area (Å²) in [5.74, 6) is 5.19. The van der Waals surface area contributed by atoms with Crippen molar-refractivity contribution in [1.29, 1.82) is 0 Å². The average molecular weight is 284 g/mol. The number of amides is 1. The van der Waals surface area contributed by atoms with E-state index in [0.29, 0.717) is 4.90 Å². The van der Waals surface area contributed by atoms with Gasteiger partial charge >= 0.3 is 5.69 Å². The lowest BCUT2D eigenvalue weighted by molar-refractivity contribution is -0.386. The Labute approximate surface area is 115 Å². The van der Waals surface area contributed by atoms with Crippen LogP contribution < -0.4 is 16.6 Å². The summed E-state index contributed by atoms with van der Waals surface area (Å²) in [5, 5.41) is 13.7. The van der Waals surface area contributed by atoms with E-state index in [1.54, 1.807) is 12.1 Å². The summed E-state index contributed by atoms with van der Waals surface area (Å²) >= 11 is 1.11. The highest BCUT2D eigenvalue weighted by molar-refractivity contribution is 8.00. The molecule has 1 aromatic rings. The van der Waals surface area contributed by atoms with Crippen LogP contribution in [0.5, 0.6) is 0 Å². The van der Waals surface area contributed by atoms with E-state index in [2.05, 4.69) is 10.7 Å². The highest BCUT2D eigenvalue weighted by Crippen LogP contribution is 2.34. The predicted octanol–water partition coefficient (Wildman–Crippen LogP) is 1.50. The van der Waals surface area contributed by atoms with Gasteiger partial charge in [-0.25, -0.2) is 0 Å². The molecule has 0 bridgehead atoms. The third-order valence-corrected chi connectivity index (χ3v) is 3.19. The number of hydrogen-bond acceptors (Lipinski definition) is 6. The molecule has 0 aliphatic carbocycles. The lowest BCUT2D eigenvalue weighted by atomic mass is 10.3. The molecule has 0 unspecified atom stereocenters. The van der Waals surface area contributed by atoms with Crippen molar-refractivity contribution in [2.75, 3.05) is 11.2 Å². The van der Waals surface area contributed by atoms with E-state index in [-0.39, 0.29) is 29.1 Å². The number of rotatable bonds is 6. The Hall–Kier alpha value is -1.80. The largest absolute Gasteiger partial charge is 0.353 e. The van der Waals surface area contributed by atoms with E-state index >= 15 is 0 Å². The van der Waals surface area contributed by atoms with Crippen LogP contribution in [0.2, 0.25) is 0 Å². The van der Waals surface area contributed by atoms with Crippen LogP contribution in [0.1, 0.15) is 13.8 Å². The van der Waals surface area contributed by atoms with Gasteiger partial charge in [-0.1, -0.05) is 6.07 Å². The fourth-order valence-corrected chi connectivity index (χ4v) is 2.32. The van der Waals surface area contributed by atoms with Crippen LogP contribution in [0, 0.1) is 10.1 Å². The number of nitro benzene ring substituents is 1. The van der Waals surface area contributed by atoms with Gasteiger partial charge in [0.2, 0.25) is 5.91 Å². The van der Waals surface area contributed by atoms with Gasteiger partial charge in [-0.2, -0.15) is 0 Å². The number of para-hydroxylation sites is 1. The Balaban J connectivity index is 2.84. The van der Waals surface area contributed by atoms with Crippen LogP contribution >= 0.6 is 11.8 Å². The average Bonchev–Trinajstić information content (AvgIpc) is 2.34. The topological polar surface area (TPSA) is 110 Å². The number of nitrogens with zero attached hydrogens (tertiary/aromatic N) is 1. The monoisotopic (exact) mass is 284 g/mol. The Morgan fingerprint density at radius 1 is 1.53 bits per heavy atom. The minimum atomic E-state index is -0.516. The zero-order valence-electron chi connectivity index (χ0n) is 10.7. The van der Waals surface area contributed by atoms with Gasteiger partial charge in [-0.15, -0.1) is 11.8 Å². The molecule has 0 heterocycles. The van der Waals surface area contributed by atoms with E-state index in [9.17, 15) is 14.9 Å². The van der Waals surface area contributed by atoms with Gasteiger partial charge < -0.3 is 10.7 Å². The standard InChI is InChI=1S/C11H16N4O3S/c1-7(2)13-10(16)6-19-9-5-3-4-8(14-12)11(9)15(17)18/h3-5,7,14H,6,12H2,1-2H3,(H,13,16). The van der Waals surface area contributed by atoms with Crippen molar-refractivity contribution in [2.45, 2.75) is 24.8 Å². The maximum Gasteiger partial charge on any atom is 0.307 e. The van der Waals surface area contributed by atoms with Crippen molar-refractivity contribution in [1.82, 2.24) is 5.32 Å². The van der Waals surface area contributed by atoms with Gasteiger partial charge in [-0.3, -0.25) is 20.8 Å². The van der Waals surface area contributed by atoms with E-state index in [0.717, 1.165) is 11.8 Å². The third kappa shape index (κ3) is 4.42. The number of carbonyl (C=O) groups excluding carboxylic acids is 1. The molecule has 0 saturated carbocycles. The SMILES string of the molecule is CC(C)NC(=O)CSc1cccc(NN)c1[N+](=O)[O-]. The van der Waals surface area contributed by atoms with Gasteiger partial charge in [0.05, 0.1) is 15.6 Å². The van der Waals surface area contributed by atoms with Crippen molar-refractivity contribution >= 4 is 29.0 Å². The van der Waals surface area contributed by atoms with Crippen molar-refractivity contribution < 1.29 is 9.72 Å². The molecular weight excluding hydrogens is 268 g/mol. The molecule has 0 aliphatic heterocycles. The second-order valence-electron chi connectivity index (χ2n) is 4.06. The summed E-state index contributed by atoms with van der Waals surface area (Å²) in [6.07, 6.45) is 0. The molecule has 0 atom stereocenters. The molecule has 4 N–H and O–H groups in total. The summed E-state index contributed by atoms with van der Waals surface area (Å²) in [6.45, 7) is 3.70. The van der Waals surface area contributed by atoms with Gasteiger partial charge in [0.25, 0.3) is 0 Å². The van der Waals surface area contributed by atoms with E-state index < -0.39 is 4.92 Å². The third-order valence-electron chi connectivity index (χ3n) is 2.15. The Morgan fingerprint density at radius 2 is 2.21 bits per heavy atom. The normalized spacial score (nSPS) is 10.3. The Bertz CT molecular complexity index is 479. The fourth-order valence-electron chi connectivity index (χ4n) is 1.45. The van der Waals surface area contributed by atoms with Gasteiger partial charge in [0, 0.05) is 6.04 Å². The lowest BCUT2D eigenvalue weighted by Crippen LogP contribution is -2.31. The molecule has 0 spiro atoms. The number of nitrogens with one attached hydrogen (secondary N) is 2. The van der Waals surface area contributed by atoms with Crippen molar-refractivity contribution in [2.24, 2.45) is 5.84 Å². The molecule has 0 aliphatic rings. The molecule has 0 saturated heterocycles. The molecule has 1 aromatic carbocycles. The molecule has 104 valence electrons. The summed E-state index contributed by atoms with van der Waals surface area (Å²) in [4.78, 5) is 22.4. The molecule has 0 fully saturated rings. The number of nitrogens with two attached hydrogens (primary N) is 1. The van der Waals surface area contributed by atoms with Gasteiger partial charge in [0.15, 0.2) is 0 Å². The molecule has 8 heteroatoms. The second-order valence-corrected chi connectivity index (χ2v) is 5.08. The number of hydrazine groups is 1. The first-order valence-corrected chi connectivity index (χ1v) is 6.60. The Kier molecular flexibility index (Phi) is 5.58. The van der Waals surface area contributed by atoms with E-state index in [1.807, 2.05) is 13.8 Å².